The van der Waals surface area contributed by atoms with Crippen molar-refractivity contribution < 1.29 is 45.7 Å². The van der Waals surface area contributed by atoms with Gasteiger partial charge in [-0.3, -0.25) is 24.7 Å². The van der Waals surface area contributed by atoms with Crippen LogP contribution >= 0.6 is 0 Å². The van der Waals surface area contributed by atoms with Crippen LogP contribution in [0.4, 0.5) is 22.1 Å². The number of hydroxylamine groups is 2. The summed E-state index contributed by atoms with van der Waals surface area (Å²) in [7, 11) is 0. The molecule has 83 heavy (non-hydrogen) atoms. The van der Waals surface area contributed by atoms with E-state index in [0.717, 1.165) is 47.5 Å². The summed E-state index contributed by atoms with van der Waals surface area (Å²) in [4.78, 5) is 62.3. The Balaban J connectivity index is 0.000000331. The molecule has 25 heteroatoms. The zero-order valence-corrected chi connectivity index (χ0v) is 49.8. The minimum Gasteiger partial charge on any atom is -0.508 e. The minimum atomic E-state index is -0.837. The third-order valence-corrected chi connectivity index (χ3v) is 13.2. The summed E-state index contributed by atoms with van der Waals surface area (Å²) in [5.41, 5.74) is 10.6. The van der Waals surface area contributed by atoms with Crippen LogP contribution < -0.4 is 38.1 Å². The van der Waals surface area contributed by atoms with Crippen molar-refractivity contribution >= 4 is 46.9 Å². The molecule has 2 aromatic carbocycles. The van der Waals surface area contributed by atoms with E-state index in [0.29, 0.717) is 65.1 Å². The smallest absolute Gasteiger partial charge is 0.326 e. The van der Waals surface area contributed by atoms with Gasteiger partial charge in [-0.15, -0.1) is 0 Å². The lowest BCUT2D eigenvalue weighted by molar-refractivity contribution is -0.241. The standard InChI is InChI=1S/C11H17N3O3.C10H15N3O.C9H19NO.C7H9N.C7H8O.C6H6N2O.C5H5N3O3.C3H7NO/c1-5(15)9(16)7-3-8-10(12-4-7)13-6(2)14-11(8)17;1-5-4-8-9(11-6(5)2)12-7(3)13-10(8)14;1-8(2)6-5-7-9(3,4)10(8)11;2*1-6-4-2-3-5-7(6)8;9-8-5-6-3-1-2-4-7-6;1-2-3(8-11)4(9)7-5(10)6-2;1-3(2)4-5/h5,7,9,15-16H,3-4H2,1-2H3,(H2,12,13,14,17);5-6H,4H2,1-3H3,(H2,11,12,13,14);11H,5-7H2,1-4H3;2-5H,8H2,1H3;2-5,8H,1H3;1-5,9H;11H,1H2,(H2,6,7,9,10);5H,1-2H3/b;;;;;8-5-;8-3+;. The first-order valence-electron chi connectivity index (χ1n) is 26.8. The number of oxime groups is 3. The fourth-order valence-corrected chi connectivity index (χ4v) is 8.20. The van der Waals surface area contributed by atoms with E-state index in [9.17, 15) is 34.6 Å². The topological polar surface area (TPSA) is 395 Å². The highest BCUT2D eigenvalue weighted by Gasteiger charge is 2.40. The zero-order valence-electron chi connectivity index (χ0n) is 49.8. The van der Waals surface area contributed by atoms with Crippen molar-refractivity contribution in [3.05, 3.63) is 146 Å². The number of H-pyrrole nitrogens is 2. The number of fused-ring (bicyclic) bond motifs is 2. The normalized spacial score (nSPS) is 19.0. The van der Waals surface area contributed by atoms with Crippen molar-refractivity contribution in [1.29, 1.82) is 0 Å². The van der Waals surface area contributed by atoms with E-state index in [1.807, 2.05) is 67.7 Å². The van der Waals surface area contributed by atoms with Gasteiger partial charge in [-0.1, -0.05) is 71.4 Å². The van der Waals surface area contributed by atoms with Gasteiger partial charge >= 0.3 is 6.03 Å². The van der Waals surface area contributed by atoms with E-state index in [2.05, 4.69) is 104 Å². The fraction of sp³-hybridized carbons (Fsp3) is 0.448. The molecule has 454 valence electrons. The third-order valence-electron chi connectivity index (χ3n) is 13.2. The molecular weight excluding hydrogens is 1070 g/mol. The number of aromatic hydroxyl groups is 1. The highest BCUT2D eigenvalue weighted by Crippen LogP contribution is 2.36. The van der Waals surface area contributed by atoms with Gasteiger partial charge in [0.1, 0.15) is 29.0 Å². The molecule has 0 aliphatic carbocycles. The van der Waals surface area contributed by atoms with E-state index in [-0.39, 0.29) is 39.5 Å². The molecule has 5 unspecified atom stereocenters. The van der Waals surface area contributed by atoms with E-state index >= 15 is 0 Å². The number of aromatic amines is 2. The number of amides is 3. The Morgan fingerprint density at radius 2 is 1.33 bits per heavy atom. The second-order valence-electron chi connectivity index (χ2n) is 21.5. The third kappa shape index (κ3) is 23.8. The number of phenols is 1. The van der Waals surface area contributed by atoms with Gasteiger partial charge in [0.15, 0.2) is 5.71 Å². The number of hydrogen-bond acceptors (Lipinski definition) is 21. The van der Waals surface area contributed by atoms with E-state index in [1.54, 1.807) is 52.1 Å². The highest BCUT2D eigenvalue weighted by molar-refractivity contribution is 6.48. The number of pyridine rings is 1. The molecule has 9 rings (SSSR count). The Bertz CT molecular complexity index is 2960. The molecule has 7 heterocycles. The van der Waals surface area contributed by atoms with E-state index in [1.165, 1.54) is 24.6 Å². The van der Waals surface area contributed by atoms with Gasteiger partial charge in [-0.05, 0) is 156 Å². The van der Waals surface area contributed by atoms with E-state index < -0.39 is 24.1 Å². The fourth-order valence-electron chi connectivity index (χ4n) is 8.20. The van der Waals surface area contributed by atoms with Crippen LogP contribution in [-0.2, 0) is 17.6 Å². The monoisotopic (exact) mass is 1150 g/mol. The summed E-state index contributed by atoms with van der Waals surface area (Å²) in [6.07, 6.45) is 5.91. The first kappa shape index (κ1) is 70.6. The number of nitrogens with one attached hydrogen (secondary N) is 6. The van der Waals surface area contributed by atoms with Gasteiger partial charge in [0.05, 0.1) is 46.7 Å². The number of nitrogen functional groups attached to an aromatic ring is 1. The number of carbonyl (C=O) groups excluding carboxylic acids is 2. The lowest BCUT2D eigenvalue weighted by atomic mass is 9.82. The summed E-state index contributed by atoms with van der Waals surface area (Å²) in [6, 6.07) is 20.1. The van der Waals surface area contributed by atoms with Crippen LogP contribution in [0, 0.1) is 39.5 Å². The number of nitrogens with zero attached hydrogens (tertiary/aromatic N) is 7. The SMILES string of the molecule is C=C1NC(=O)NC(=O)/C1=N/O.CC(C)=NO.CC1(C)CCCC(C)(C)N1O.Cc1ccccc1N.Cc1ccccc1O.Cc1nc2c(c(=O)[nH]1)CC(C(O)C(C)O)CN2.Cc1nc2c(c(=O)[nH]1)CC(C)C(C)N2.O/N=C\c1ccccn1. The number of piperidine rings is 1. The number of aromatic nitrogens is 5. The summed E-state index contributed by atoms with van der Waals surface area (Å²) in [5.74, 6) is 2.49. The number of urea groups is 1. The molecule has 15 N–H and O–H groups in total. The number of hydrogen-bond donors (Lipinski definition) is 14. The van der Waals surface area contributed by atoms with E-state index in [4.69, 9.17) is 26.5 Å². The number of rotatable bonds is 3. The van der Waals surface area contributed by atoms with Crippen LogP contribution in [0.2, 0.25) is 0 Å². The van der Waals surface area contributed by atoms with Crippen LogP contribution in [0.5, 0.6) is 5.75 Å². The minimum absolute atomic E-state index is 0.00116. The van der Waals surface area contributed by atoms with Gasteiger partial charge < -0.3 is 67.8 Å². The van der Waals surface area contributed by atoms with Gasteiger partial charge in [-0.2, -0.15) is 5.06 Å². The number of carbonyl (C=O) groups is 2. The molecule has 3 amide bonds. The van der Waals surface area contributed by atoms with Gasteiger partial charge in [0.2, 0.25) is 0 Å². The quantitative estimate of drug-likeness (QED) is 0.0371. The number of para-hydroxylation sites is 2. The van der Waals surface area contributed by atoms with Gasteiger partial charge in [0, 0.05) is 41.5 Å². The van der Waals surface area contributed by atoms with Crippen LogP contribution in [-0.4, -0.2) is 132 Å². The number of anilines is 3. The maximum atomic E-state index is 11.7. The van der Waals surface area contributed by atoms with Crippen molar-refractivity contribution in [3.63, 3.8) is 0 Å². The molecule has 2 fully saturated rings. The second kappa shape index (κ2) is 34.0. The zero-order chi connectivity index (χ0) is 62.8. The van der Waals surface area contributed by atoms with Crippen molar-refractivity contribution in [2.24, 2.45) is 27.3 Å². The predicted molar refractivity (Wildman–Crippen MR) is 322 cm³/mol. The van der Waals surface area contributed by atoms with Gasteiger partial charge in [-0.25, -0.2) is 14.8 Å². The lowest BCUT2D eigenvalue weighted by Crippen LogP contribution is -2.56. The molecule has 0 bridgehead atoms. The number of aliphatic hydroxyl groups excluding tert-OH is 2. The Morgan fingerprint density at radius 1 is 0.795 bits per heavy atom. The number of phenolic OH excluding ortho intramolecular Hbond substituents is 1. The largest absolute Gasteiger partial charge is 0.508 e. The molecule has 5 aromatic rings. The van der Waals surface area contributed by atoms with Crippen molar-refractivity contribution in [3.8, 4) is 5.75 Å². The van der Waals surface area contributed by atoms with Gasteiger partial charge in [0.25, 0.3) is 17.0 Å². The molecule has 5 atom stereocenters. The summed E-state index contributed by atoms with van der Waals surface area (Å²) < 4.78 is 0. The summed E-state index contributed by atoms with van der Waals surface area (Å²) >= 11 is 0. The predicted octanol–water partition coefficient (Wildman–Crippen LogP) is 7.09. The molecule has 0 saturated carbocycles. The molecule has 25 nitrogen and oxygen atoms in total. The Hall–Kier alpha value is -8.52. The average molecular weight is 1160 g/mol. The Kier molecular flexibility index (Phi) is 29.0. The summed E-state index contributed by atoms with van der Waals surface area (Å²) in [5, 5.41) is 82.0. The van der Waals surface area contributed by atoms with Crippen molar-refractivity contribution in [2.45, 2.75) is 151 Å². The van der Waals surface area contributed by atoms with Crippen LogP contribution in [0.1, 0.15) is 121 Å². The second-order valence-corrected chi connectivity index (χ2v) is 21.5. The molecule has 4 aliphatic rings. The van der Waals surface area contributed by atoms with Crippen molar-refractivity contribution in [1.82, 2.24) is 40.6 Å². The maximum absolute atomic E-state index is 11.7. The Labute approximate surface area is 484 Å². The number of aryl methyl sites for hydroxylation is 4. The molecule has 2 saturated heterocycles. The number of nitrogens with two attached hydrogens (primary N) is 1. The molecular formula is C58H86N14O11. The number of imide groups is 1. The highest BCUT2D eigenvalue weighted by atomic mass is 16.5. The maximum Gasteiger partial charge on any atom is 0.326 e. The molecule has 4 aliphatic heterocycles. The van der Waals surface area contributed by atoms with Crippen LogP contribution in [0.3, 0.4) is 0 Å². The summed E-state index contributed by atoms with van der Waals surface area (Å²) in [6.45, 7) is 28.8. The lowest BCUT2D eigenvalue weighted by Gasteiger charge is -2.48. The number of aliphatic hydroxyl groups is 2. The van der Waals surface area contributed by atoms with Crippen LogP contribution in [0.25, 0.3) is 0 Å². The first-order valence-corrected chi connectivity index (χ1v) is 26.8. The molecule has 3 aromatic heterocycles. The Morgan fingerprint density at radius 3 is 1.76 bits per heavy atom. The molecule has 0 radical (unpaired) electrons. The molecule has 0 spiro atoms. The number of benzene rings is 2. The van der Waals surface area contributed by atoms with Crippen LogP contribution in [0.15, 0.2) is 110 Å². The average Bonchev–Trinajstić information content (AvgIpc) is 3.56. The first-order chi connectivity index (χ1) is 38.9. The van der Waals surface area contributed by atoms with Crippen molar-refractivity contribution in [2.75, 3.05) is 22.9 Å².